The predicted octanol–water partition coefficient (Wildman–Crippen LogP) is 2.07. The first-order valence-corrected chi connectivity index (χ1v) is 7.57. The third-order valence-corrected chi connectivity index (χ3v) is 4.47. The van der Waals surface area contributed by atoms with Crippen molar-refractivity contribution in [2.75, 3.05) is 32.7 Å². The van der Waals surface area contributed by atoms with Crippen LogP contribution in [0.2, 0.25) is 0 Å². The molecule has 1 N–H and O–H groups in total. The van der Waals surface area contributed by atoms with E-state index in [1.54, 1.807) is 0 Å². The van der Waals surface area contributed by atoms with Crippen LogP contribution in [-0.2, 0) is 4.79 Å². The minimum absolute atomic E-state index is 0.167. The minimum atomic E-state index is -0.167. The molecule has 0 bridgehead atoms. The van der Waals surface area contributed by atoms with Gasteiger partial charge >= 0.3 is 0 Å². The van der Waals surface area contributed by atoms with Gasteiger partial charge in [0.25, 0.3) is 0 Å². The molecule has 0 spiro atoms. The van der Waals surface area contributed by atoms with Gasteiger partial charge in [-0.05, 0) is 12.8 Å². The van der Waals surface area contributed by atoms with Crippen LogP contribution in [-0.4, -0.2) is 43.4 Å². The number of ketones is 1. The Hall–Kier alpha value is -0.410. The first kappa shape index (κ1) is 14.0. The molecule has 1 saturated heterocycles. The van der Waals surface area contributed by atoms with Gasteiger partial charge in [-0.3, -0.25) is 9.69 Å². The van der Waals surface area contributed by atoms with E-state index in [2.05, 4.69) is 24.1 Å². The Morgan fingerprint density at radius 2 is 1.78 bits per heavy atom. The molecular formula is C15H28N2O. The number of rotatable bonds is 4. The van der Waals surface area contributed by atoms with E-state index in [0.717, 1.165) is 45.6 Å². The van der Waals surface area contributed by atoms with Crippen molar-refractivity contribution in [3.63, 3.8) is 0 Å². The lowest BCUT2D eigenvalue weighted by Gasteiger charge is -2.36. The molecule has 0 radical (unpaired) electrons. The van der Waals surface area contributed by atoms with Crippen molar-refractivity contribution in [3.05, 3.63) is 0 Å². The molecular weight excluding hydrogens is 224 g/mol. The van der Waals surface area contributed by atoms with Crippen molar-refractivity contribution >= 4 is 5.78 Å². The molecule has 3 nitrogen and oxygen atoms in total. The Morgan fingerprint density at radius 1 is 1.17 bits per heavy atom. The third-order valence-electron chi connectivity index (χ3n) is 4.47. The molecule has 0 unspecified atom stereocenters. The van der Waals surface area contributed by atoms with Gasteiger partial charge in [-0.1, -0.05) is 33.1 Å². The summed E-state index contributed by atoms with van der Waals surface area (Å²) in [5.41, 5.74) is -0.167. The summed E-state index contributed by atoms with van der Waals surface area (Å²) in [6, 6.07) is 0. The summed E-state index contributed by atoms with van der Waals surface area (Å²) in [4.78, 5) is 15.1. The molecule has 3 heteroatoms. The summed E-state index contributed by atoms with van der Waals surface area (Å²) < 4.78 is 0. The van der Waals surface area contributed by atoms with Crippen LogP contribution in [0.4, 0.5) is 0 Å². The molecule has 104 valence electrons. The summed E-state index contributed by atoms with van der Waals surface area (Å²) in [6.07, 6.45) is 6.08. The highest BCUT2D eigenvalue weighted by atomic mass is 16.1. The Labute approximate surface area is 111 Å². The molecule has 1 aliphatic carbocycles. The van der Waals surface area contributed by atoms with Crippen LogP contribution in [0.25, 0.3) is 0 Å². The number of carbonyl (C=O) groups excluding carboxylic acids is 1. The number of nitrogens with one attached hydrogen (secondary N) is 1. The van der Waals surface area contributed by atoms with E-state index in [9.17, 15) is 4.79 Å². The standard InChI is InChI=1S/C15H28N2O/c1-15(2,12-17-10-8-16-9-11-17)14(18)13-6-4-3-5-7-13/h13,16H,3-12H2,1-2H3. The Kier molecular flexibility index (Phi) is 4.79. The Balaban J connectivity index is 1.89. The second-order valence-corrected chi connectivity index (χ2v) is 6.61. The Morgan fingerprint density at radius 3 is 2.39 bits per heavy atom. The van der Waals surface area contributed by atoms with Crippen molar-refractivity contribution in [2.45, 2.75) is 46.0 Å². The van der Waals surface area contributed by atoms with Crippen molar-refractivity contribution in [2.24, 2.45) is 11.3 Å². The van der Waals surface area contributed by atoms with Crippen LogP contribution in [0.5, 0.6) is 0 Å². The topological polar surface area (TPSA) is 32.3 Å². The molecule has 1 saturated carbocycles. The second kappa shape index (κ2) is 6.16. The maximum Gasteiger partial charge on any atom is 0.142 e. The first-order chi connectivity index (χ1) is 8.59. The van der Waals surface area contributed by atoms with E-state index in [1.807, 2.05) is 0 Å². The molecule has 0 aromatic carbocycles. The maximum atomic E-state index is 12.7. The zero-order valence-corrected chi connectivity index (χ0v) is 12.0. The van der Waals surface area contributed by atoms with Gasteiger partial charge in [0.15, 0.2) is 0 Å². The Bertz CT molecular complexity index is 276. The lowest BCUT2D eigenvalue weighted by Crippen LogP contribution is -2.49. The number of carbonyl (C=O) groups is 1. The molecule has 0 atom stereocenters. The molecule has 0 amide bonds. The van der Waals surface area contributed by atoms with Gasteiger partial charge in [0, 0.05) is 44.1 Å². The summed E-state index contributed by atoms with van der Waals surface area (Å²) >= 11 is 0. The minimum Gasteiger partial charge on any atom is -0.314 e. The monoisotopic (exact) mass is 252 g/mol. The van der Waals surface area contributed by atoms with Crippen LogP contribution in [0.1, 0.15) is 46.0 Å². The van der Waals surface area contributed by atoms with E-state index in [4.69, 9.17) is 0 Å². The highest BCUT2D eigenvalue weighted by Crippen LogP contribution is 2.32. The maximum absolute atomic E-state index is 12.7. The molecule has 18 heavy (non-hydrogen) atoms. The number of Topliss-reactive ketones (excluding diaryl/α,β-unsaturated/α-hetero) is 1. The first-order valence-electron chi connectivity index (χ1n) is 7.57. The molecule has 2 aliphatic rings. The van der Waals surface area contributed by atoms with Gasteiger partial charge < -0.3 is 5.32 Å². The summed E-state index contributed by atoms with van der Waals surface area (Å²) in [5.74, 6) is 0.859. The number of piperazine rings is 1. The molecule has 2 rings (SSSR count). The van der Waals surface area contributed by atoms with E-state index < -0.39 is 0 Å². The summed E-state index contributed by atoms with van der Waals surface area (Å²) in [7, 11) is 0. The molecule has 0 aromatic heterocycles. The van der Waals surface area contributed by atoms with Gasteiger partial charge in [0.05, 0.1) is 0 Å². The van der Waals surface area contributed by atoms with Crippen molar-refractivity contribution in [1.29, 1.82) is 0 Å². The van der Waals surface area contributed by atoms with Crippen LogP contribution < -0.4 is 5.32 Å². The van der Waals surface area contributed by atoms with E-state index in [0.29, 0.717) is 11.7 Å². The van der Waals surface area contributed by atoms with Crippen molar-refractivity contribution < 1.29 is 4.79 Å². The number of nitrogens with zero attached hydrogens (tertiary/aromatic N) is 1. The largest absolute Gasteiger partial charge is 0.314 e. The van der Waals surface area contributed by atoms with Gasteiger partial charge in [-0.2, -0.15) is 0 Å². The van der Waals surface area contributed by atoms with Gasteiger partial charge in [0.2, 0.25) is 0 Å². The fourth-order valence-electron chi connectivity index (χ4n) is 3.42. The number of hydrogen-bond acceptors (Lipinski definition) is 3. The fraction of sp³-hybridized carbons (Fsp3) is 0.933. The molecule has 1 aliphatic heterocycles. The predicted molar refractivity (Wildman–Crippen MR) is 74.7 cm³/mol. The summed E-state index contributed by atoms with van der Waals surface area (Å²) in [5, 5.41) is 3.37. The lowest BCUT2D eigenvalue weighted by molar-refractivity contribution is -0.133. The highest BCUT2D eigenvalue weighted by Gasteiger charge is 2.35. The van der Waals surface area contributed by atoms with Crippen LogP contribution >= 0.6 is 0 Å². The van der Waals surface area contributed by atoms with Gasteiger partial charge in [0.1, 0.15) is 5.78 Å². The average Bonchev–Trinajstić information content (AvgIpc) is 2.39. The van der Waals surface area contributed by atoms with Crippen molar-refractivity contribution in [3.8, 4) is 0 Å². The zero-order valence-electron chi connectivity index (χ0n) is 12.0. The molecule has 1 heterocycles. The fourth-order valence-corrected chi connectivity index (χ4v) is 3.42. The second-order valence-electron chi connectivity index (χ2n) is 6.61. The van der Waals surface area contributed by atoms with E-state index >= 15 is 0 Å². The number of hydrogen-bond donors (Lipinski definition) is 1. The lowest BCUT2D eigenvalue weighted by atomic mass is 9.75. The smallest absolute Gasteiger partial charge is 0.142 e. The third kappa shape index (κ3) is 3.55. The van der Waals surface area contributed by atoms with Gasteiger partial charge in [-0.15, -0.1) is 0 Å². The molecule has 2 fully saturated rings. The van der Waals surface area contributed by atoms with Crippen LogP contribution in [0.3, 0.4) is 0 Å². The zero-order chi connectivity index (χ0) is 13.0. The van der Waals surface area contributed by atoms with E-state index in [1.165, 1.54) is 19.3 Å². The quantitative estimate of drug-likeness (QED) is 0.831. The normalized spacial score (nSPS) is 24.1. The summed E-state index contributed by atoms with van der Waals surface area (Å²) in [6.45, 7) is 9.52. The van der Waals surface area contributed by atoms with Crippen LogP contribution in [0.15, 0.2) is 0 Å². The van der Waals surface area contributed by atoms with Crippen LogP contribution in [0, 0.1) is 11.3 Å². The average molecular weight is 252 g/mol. The highest BCUT2D eigenvalue weighted by molar-refractivity contribution is 5.86. The van der Waals surface area contributed by atoms with E-state index in [-0.39, 0.29) is 5.41 Å². The van der Waals surface area contributed by atoms with Crippen molar-refractivity contribution in [1.82, 2.24) is 10.2 Å². The molecule has 0 aromatic rings. The SMILES string of the molecule is CC(C)(CN1CCNCC1)C(=O)C1CCCCC1. The van der Waals surface area contributed by atoms with Gasteiger partial charge in [-0.25, -0.2) is 0 Å².